The smallest absolute Gasteiger partial charge is 0.236 e. The highest BCUT2D eigenvalue weighted by Crippen LogP contribution is 2.05. The quantitative estimate of drug-likeness (QED) is 0.490. The molecule has 6 nitrogen and oxygen atoms in total. The summed E-state index contributed by atoms with van der Waals surface area (Å²) in [5, 5.41) is 5.21. The molecule has 0 radical (unpaired) electrons. The van der Waals surface area contributed by atoms with Crippen LogP contribution in [0.4, 0.5) is 0 Å². The number of nitrogens with two attached hydrogens (primary N) is 1. The van der Waals surface area contributed by atoms with Gasteiger partial charge in [0.2, 0.25) is 17.7 Å². The molecule has 0 saturated heterocycles. The zero-order valence-corrected chi connectivity index (χ0v) is 12.5. The molecule has 0 aliphatic heterocycles. The van der Waals surface area contributed by atoms with Gasteiger partial charge in [-0.25, -0.2) is 0 Å². The van der Waals surface area contributed by atoms with Gasteiger partial charge in [0, 0.05) is 18.9 Å². The second-order valence-electron chi connectivity index (χ2n) is 5.06. The van der Waals surface area contributed by atoms with Crippen LogP contribution in [0.25, 0.3) is 0 Å². The van der Waals surface area contributed by atoms with Gasteiger partial charge in [-0.1, -0.05) is 32.6 Å². The molecule has 0 aromatic carbocycles. The van der Waals surface area contributed by atoms with Crippen molar-refractivity contribution >= 4 is 17.7 Å². The lowest BCUT2D eigenvalue weighted by atomic mass is 10.1. The molecule has 1 unspecified atom stereocenters. The van der Waals surface area contributed by atoms with E-state index in [2.05, 4.69) is 17.6 Å². The van der Waals surface area contributed by atoms with E-state index in [1.54, 1.807) is 0 Å². The molecule has 0 spiro atoms. The summed E-state index contributed by atoms with van der Waals surface area (Å²) in [6, 6.07) is 0.132. The molecule has 0 heterocycles. The first-order chi connectivity index (χ1) is 9.45. The average molecular weight is 285 g/mol. The van der Waals surface area contributed by atoms with Crippen molar-refractivity contribution in [3.05, 3.63) is 0 Å². The molecule has 0 saturated carbocycles. The number of carbonyl (C=O) groups excluding carboxylic acids is 3. The van der Waals surface area contributed by atoms with Crippen molar-refractivity contribution < 1.29 is 14.4 Å². The Hall–Kier alpha value is -1.59. The number of nitrogens with one attached hydrogen (secondary N) is 2. The molecule has 0 bridgehead atoms. The van der Waals surface area contributed by atoms with Gasteiger partial charge in [0.15, 0.2) is 0 Å². The molecule has 116 valence electrons. The summed E-state index contributed by atoms with van der Waals surface area (Å²) in [6.45, 7) is 3.94. The standard InChI is InChI=1S/C14H27N3O3/c1-3-4-5-6-7-11(2)17-14(20)9-8-13(19)16-10-12(15)18/h11H,3-10H2,1-2H3,(H2,15,18)(H,16,19)(H,17,20). The van der Waals surface area contributed by atoms with Crippen molar-refractivity contribution in [1.82, 2.24) is 10.6 Å². The minimum absolute atomic E-state index is 0.0711. The van der Waals surface area contributed by atoms with Gasteiger partial charge in [-0.2, -0.15) is 0 Å². The predicted octanol–water partition coefficient (Wildman–Crippen LogP) is 0.843. The zero-order valence-electron chi connectivity index (χ0n) is 12.5. The van der Waals surface area contributed by atoms with Gasteiger partial charge in [-0.15, -0.1) is 0 Å². The molecular formula is C14H27N3O3. The van der Waals surface area contributed by atoms with Gasteiger partial charge in [0.1, 0.15) is 0 Å². The molecule has 0 rings (SSSR count). The van der Waals surface area contributed by atoms with E-state index in [-0.39, 0.29) is 37.2 Å². The summed E-state index contributed by atoms with van der Waals surface area (Å²) in [4.78, 5) is 33.3. The van der Waals surface area contributed by atoms with Crippen molar-refractivity contribution in [3.8, 4) is 0 Å². The highest BCUT2D eigenvalue weighted by atomic mass is 16.2. The number of unbranched alkanes of at least 4 members (excludes halogenated alkanes) is 3. The van der Waals surface area contributed by atoms with Gasteiger partial charge in [-0.05, 0) is 13.3 Å². The van der Waals surface area contributed by atoms with E-state index in [0.29, 0.717) is 0 Å². The van der Waals surface area contributed by atoms with Crippen molar-refractivity contribution in [2.75, 3.05) is 6.54 Å². The number of primary amides is 1. The fourth-order valence-electron chi connectivity index (χ4n) is 1.80. The molecule has 6 heteroatoms. The van der Waals surface area contributed by atoms with E-state index in [0.717, 1.165) is 12.8 Å². The summed E-state index contributed by atoms with van der Waals surface area (Å²) in [5.41, 5.74) is 4.90. The largest absolute Gasteiger partial charge is 0.368 e. The van der Waals surface area contributed by atoms with Crippen LogP contribution in [-0.2, 0) is 14.4 Å². The summed E-state index contributed by atoms with van der Waals surface area (Å²) < 4.78 is 0. The van der Waals surface area contributed by atoms with E-state index in [1.807, 2.05) is 6.92 Å². The number of carbonyl (C=O) groups is 3. The second kappa shape index (κ2) is 11.3. The van der Waals surface area contributed by atoms with E-state index < -0.39 is 5.91 Å². The molecule has 0 aliphatic rings. The monoisotopic (exact) mass is 285 g/mol. The van der Waals surface area contributed by atoms with E-state index in [4.69, 9.17) is 5.73 Å². The lowest BCUT2D eigenvalue weighted by Gasteiger charge is -2.13. The van der Waals surface area contributed by atoms with Crippen molar-refractivity contribution in [2.45, 2.75) is 64.8 Å². The molecule has 20 heavy (non-hydrogen) atoms. The highest BCUT2D eigenvalue weighted by Gasteiger charge is 2.10. The molecule has 0 aliphatic carbocycles. The third-order valence-corrected chi connectivity index (χ3v) is 2.94. The first-order valence-electron chi connectivity index (χ1n) is 7.30. The fourth-order valence-corrected chi connectivity index (χ4v) is 1.80. The normalized spacial score (nSPS) is 11.7. The van der Waals surface area contributed by atoms with Crippen molar-refractivity contribution in [3.63, 3.8) is 0 Å². The van der Waals surface area contributed by atoms with Crippen LogP contribution >= 0.6 is 0 Å². The second-order valence-corrected chi connectivity index (χ2v) is 5.06. The molecule has 0 aromatic rings. The Morgan fingerprint density at radius 1 is 1.05 bits per heavy atom. The minimum atomic E-state index is -0.594. The van der Waals surface area contributed by atoms with Gasteiger partial charge < -0.3 is 16.4 Å². The van der Waals surface area contributed by atoms with Crippen LogP contribution in [0.15, 0.2) is 0 Å². The van der Waals surface area contributed by atoms with E-state index in [1.165, 1.54) is 19.3 Å². The van der Waals surface area contributed by atoms with Crippen LogP contribution in [0.3, 0.4) is 0 Å². The molecular weight excluding hydrogens is 258 g/mol. The van der Waals surface area contributed by atoms with Gasteiger partial charge in [-0.3, -0.25) is 14.4 Å². The molecule has 0 fully saturated rings. The first-order valence-corrected chi connectivity index (χ1v) is 7.30. The number of hydrogen-bond donors (Lipinski definition) is 3. The Labute approximate surface area is 120 Å². The van der Waals surface area contributed by atoms with Crippen LogP contribution in [0.2, 0.25) is 0 Å². The number of rotatable bonds is 11. The lowest BCUT2D eigenvalue weighted by molar-refractivity contribution is -0.127. The predicted molar refractivity (Wildman–Crippen MR) is 77.8 cm³/mol. The maximum atomic E-state index is 11.6. The number of amides is 3. The van der Waals surface area contributed by atoms with Crippen LogP contribution in [-0.4, -0.2) is 30.3 Å². The van der Waals surface area contributed by atoms with E-state index in [9.17, 15) is 14.4 Å². The third kappa shape index (κ3) is 11.5. The Morgan fingerprint density at radius 2 is 1.70 bits per heavy atom. The summed E-state index contributed by atoms with van der Waals surface area (Å²) >= 11 is 0. The minimum Gasteiger partial charge on any atom is -0.368 e. The fraction of sp³-hybridized carbons (Fsp3) is 0.786. The molecule has 4 N–H and O–H groups in total. The van der Waals surface area contributed by atoms with Crippen LogP contribution < -0.4 is 16.4 Å². The summed E-state index contributed by atoms with van der Waals surface area (Å²) in [5.74, 6) is -1.07. The van der Waals surface area contributed by atoms with Crippen molar-refractivity contribution in [2.24, 2.45) is 5.73 Å². The summed E-state index contributed by atoms with van der Waals surface area (Å²) in [6.07, 6.45) is 5.87. The van der Waals surface area contributed by atoms with Gasteiger partial charge in [0.25, 0.3) is 0 Å². The highest BCUT2D eigenvalue weighted by molar-refractivity contribution is 5.86. The molecule has 1 atom stereocenters. The van der Waals surface area contributed by atoms with Crippen LogP contribution in [0.1, 0.15) is 58.8 Å². The zero-order chi connectivity index (χ0) is 15.4. The lowest BCUT2D eigenvalue weighted by Crippen LogP contribution is -2.35. The third-order valence-electron chi connectivity index (χ3n) is 2.94. The molecule has 3 amide bonds. The maximum absolute atomic E-state index is 11.6. The Balaban J connectivity index is 3.66. The Kier molecular flexibility index (Phi) is 10.4. The average Bonchev–Trinajstić information content (AvgIpc) is 2.39. The summed E-state index contributed by atoms with van der Waals surface area (Å²) in [7, 11) is 0. The van der Waals surface area contributed by atoms with Gasteiger partial charge in [0.05, 0.1) is 6.54 Å². The van der Waals surface area contributed by atoms with E-state index >= 15 is 0 Å². The van der Waals surface area contributed by atoms with Crippen LogP contribution in [0, 0.1) is 0 Å². The SMILES string of the molecule is CCCCCCC(C)NC(=O)CCC(=O)NCC(N)=O. The van der Waals surface area contributed by atoms with Gasteiger partial charge >= 0.3 is 0 Å². The topological polar surface area (TPSA) is 101 Å². The van der Waals surface area contributed by atoms with Crippen molar-refractivity contribution in [1.29, 1.82) is 0 Å². The Bertz CT molecular complexity index is 319. The van der Waals surface area contributed by atoms with Crippen LogP contribution in [0.5, 0.6) is 0 Å². The maximum Gasteiger partial charge on any atom is 0.236 e. The molecule has 0 aromatic heterocycles. The Morgan fingerprint density at radius 3 is 2.30 bits per heavy atom. The number of hydrogen-bond acceptors (Lipinski definition) is 3. The first kappa shape index (κ1) is 18.4.